The molecule has 0 saturated carbocycles. The Morgan fingerprint density at radius 1 is 0.773 bits per heavy atom. The van der Waals surface area contributed by atoms with Gasteiger partial charge in [0.05, 0.1) is 11.4 Å². The molecule has 0 heterocycles. The van der Waals surface area contributed by atoms with Gasteiger partial charge in [-0.3, -0.25) is 20.4 Å². The van der Waals surface area contributed by atoms with Crippen molar-refractivity contribution in [3.63, 3.8) is 0 Å². The van der Waals surface area contributed by atoms with Crippen molar-refractivity contribution in [2.45, 2.75) is 0 Å². The molecule has 0 aliphatic rings. The van der Waals surface area contributed by atoms with Crippen LogP contribution in [0.15, 0.2) is 58.8 Å². The van der Waals surface area contributed by atoms with Crippen molar-refractivity contribution in [1.82, 2.24) is 10.9 Å². The van der Waals surface area contributed by atoms with Gasteiger partial charge >= 0.3 is 0 Å². The number of nitrogens with two attached hydrogens (primary N) is 2. The summed E-state index contributed by atoms with van der Waals surface area (Å²) in [6.45, 7) is 0. The van der Waals surface area contributed by atoms with E-state index >= 15 is 0 Å². The predicted molar refractivity (Wildman–Crippen MR) is 80.4 cm³/mol. The Kier molecular flexibility index (Phi) is 4.91. The van der Waals surface area contributed by atoms with E-state index in [4.69, 9.17) is 11.7 Å². The Bertz CT molecular complexity index is 667. The first-order chi connectivity index (χ1) is 10.6. The minimum absolute atomic E-state index is 0.371. The fourth-order valence-corrected chi connectivity index (χ4v) is 1.70. The molecule has 22 heavy (non-hydrogen) atoms. The minimum Gasteiger partial charge on any atom is -0.290 e. The van der Waals surface area contributed by atoms with Crippen LogP contribution >= 0.6 is 0 Å². The van der Waals surface area contributed by atoms with Crippen LogP contribution in [0.1, 0.15) is 20.7 Å². The molecule has 0 fully saturated rings. The summed E-state index contributed by atoms with van der Waals surface area (Å²) >= 11 is 0. The summed E-state index contributed by atoms with van der Waals surface area (Å²) in [6, 6.07) is 13.0. The highest BCUT2D eigenvalue weighted by molar-refractivity contribution is 5.95. The Morgan fingerprint density at radius 3 is 1.55 bits per heavy atom. The van der Waals surface area contributed by atoms with Crippen molar-refractivity contribution in [3.05, 3.63) is 59.7 Å². The highest BCUT2D eigenvalue weighted by atomic mass is 16.2. The molecular weight excluding hydrogens is 284 g/mol. The summed E-state index contributed by atoms with van der Waals surface area (Å²) in [5, 5.41) is 8.04. The van der Waals surface area contributed by atoms with Crippen LogP contribution in [-0.2, 0) is 0 Å². The zero-order valence-electron chi connectivity index (χ0n) is 11.5. The van der Waals surface area contributed by atoms with Crippen molar-refractivity contribution in [3.8, 4) is 0 Å². The van der Waals surface area contributed by atoms with Crippen molar-refractivity contribution in [2.24, 2.45) is 21.9 Å². The number of carbonyl (C=O) groups excluding carboxylic acids is 2. The predicted octanol–water partition coefficient (Wildman–Crippen LogP) is 1.31. The maximum Gasteiger partial charge on any atom is 0.265 e. The summed E-state index contributed by atoms with van der Waals surface area (Å²) in [5.74, 6) is 9.32. The van der Waals surface area contributed by atoms with Crippen LogP contribution in [0.5, 0.6) is 0 Å². The Morgan fingerprint density at radius 2 is 1.18 bits per heavy atom. The SMILES string of the molecule is NNC(=O)c1cccc(N=Nc2cccc(C(=O)NN)c2)c1. The molecule has 0 saturated heterocycles. The van der Waals surface area contributed by atoms with Crippen LogP contribution in [0.4, 0.5) is 11.4 Å². The number of rotatable bonds is 4. The van der Waals surface area contributed by atoms with Gasteiger partial charge in [0.1, 0.15) is 0 Å². The van der Waals surface area contributed by atoms with E-state index in [0.717, 1.165) is 0 Å². The van der Waals surface area contributed by atoms with Crippen molar-refractivity contribution in [2.75, 3.05) is 0 Å². The van der Waals surface area contributed by atoms with E-state index in [-0.39, 0.29) is 0 Å². The lowest BCUT2D eigenvalue weighted by Crippen LogP contribution is -2.29. The number of nitrogen functional groups attached to an aromatic ring is 2. The molecule has 2 amide bonds. The van der Waals surface area contributed by atoms with E-state index in [9.17, 15) is 9.59 Å². The second-order valence-corrected chi connectivity index (χ2v) is 4.25. The Balaban J connectivity index is 2.22. The normalized spacial score (nSPS) is 10.5. The molecule has 0 bridgehead atoms. The second kappa shape index (κ2) is 7.07. The van der Waals surface area contributed by atoms with Crippen LogP contribution in [0, 0.1) is 0 Å². The standard InChI is InChI=1S/C14H14N6O2/c15-17-13(21)9-3-1-5-11(7-9)19-20-12-6-2-4-10(8-12)14(22)18-16/h1-8H,15-16H2,(H,17,21)(H,18,22). The molecule has 0 spiro atoms. The van der Waals surface area contributed by atoms with Gasteiger partial charge in [0.25, 0.3) is 11.8 Å². The van der Waals surface area contributed by atoms with Crippen molar-refractivity contribution < 1.29 is 9.59 Å². The molecule has 0 aliphatic heterocycles. The van der Waals surface area contributed by atoms with Crippen LogP contribution in [0.2, 0.25) is 0 Å². The number of hydrazine groups is 2. The fraction of sp³-hybridized carbons (Fsp3) is 0. The highest BCUT2D eigenvalue weighted by Crippen LogP contribution is 2.20. The quantitative estimate of drug-likeness (QED) is 0.293. The monoisotopic (exact) mass is 298 g/mol. The van der Waals surface area contributed by atoms with Gasteiger partial charge in [0.15, 0.2) is 0 Å². The summed E-state index contributed by atoms with van der Waals surface area (Å²) < 4.78 is 0. The molecule has 2 aromatic rings. The van der Waals surface area contributed by atoms with E-state index in [2.05, 4.69) is 10.2 Å². The molecule has 2 rings (SSSR count). The average molecular weight is 298 g/mol. The van der Waals surface area contributed by atoms with Gasteiger partial charge in [0.2, 0.25) is 0 Å². The minimum atomic E-state index is -0.418. The number of hydrogen-bond acceptors (Lipinski definition) is 6. The van der Waals surface area contributed by atoms with E-state index in [1.54, 1.807) is 48.5 Å². The highest BCUT2D eigenvalue weighted by Gasteiger charge is 2.05. The van der Waals surface area contributed by atoms with Gasteiger partial charge in [-0.25, -0.2) is 11.7 Å². The lowest BCUT2D eigenvalue weighted by atomic mass is 10.2. The van der Waals surface area contributed by atoms with E-state index < -0.39 is 11.8 Å². The number of nitrogens with zero attached hydrogens (tertiary/aromatic N) is 2. The lowest BCUT2D eigenvalue weighted by molar-refractivity contribution is 0.0945. The number of hydrogen-bond donors (Lipinski definition) is 4. The third-order valence-electron chi connectivity index (χ3n) is 2.76. The van der Waals surface area contributed by atoms with Crippen molar-refractivity contribution in [1.29, 1.82) is 0 Å². The smallest absolute Gasteiger partial charge is 0.265 e. The second-order valence-electron chi connectivity index (χ2n) is 4.25. The summed E-state index contributed by atoms with van der Waals surface area (Å²) in [7, 11) is 0. The molecule has 0 aliphatic carbocycles. The van der Waals surface area contributed by atoms with Crippen LogP contribution in [-0.4, -0.2) is 11.8 Å². The lowest BCUT2D eigenvalue weighted by Gasteiger charge is -2.01. The van der Waals surface area contributed by atoms with Crippen LogP contribution in [0.3, 0.4) is 0 Å². The third kappa shape index (κ3) is 3.72. The van der Waals surface area contributed by atoms with Gasteiger partial charge in [-0.05, 0) is 36.4 Å². The third-order valence-corrected chi connectivity index (χ3v) is 2.76. The number of nitrogens with one attached hydrogen (secondary N) is 2. The zero-order valence-corrected chi connectivity index (χ0v) is 11.5. The van der Waals surface area contributed by atoms with Gasteiger partial charge in [-0.1, -0.05) is 12.1 Å². The molecular formula is C14H14N6O2. The first-order valence-corrected chi connectivity index (χ1v) is 6.28. The topological polar surface area (TPSA) is 135 Å². The summed E-state index contributed by atoms with van der Waals surface area (Å²) in [6.07, 6.45) is 0. The van der Waals surface area contributed by atoms with Gasteiger partial charge in [0, 0.05) is 11.1 Å². The van der Waals surface area contributed by atoms with Crippen LogP contribution in [0.25, 0.3) is 0 Å². The first kappa shape index (κ1) is 15.3. The molecule has 0 radical (unpaired) electrons. The average Bonchev–Trinajstić information content (AvgIpc) is 2.59. The number of benzene rings is 2. The fourth-order valence-electron chi connectivity index (χ4n) is 1.70. The zero-order chi connectivity index (χ0) is 15.9. The molecule has 0 aromatic heterocycles. The molecule has 0 atom stereocenters. The van der Waals surface area contributed by atoms with Crippen molar-refractivity contribution >= 4 is 23.2 Å². The van der Waals surface area contributed by atoms with Gasteiger partial charge < -0.3 is 0 Å². The molecule has 8 heteroatoms. The molecule has 8 nitrogen and oxygen atoms in total. The number of carbonyl (C=O) groups is 2. The maximum absolute atomic E-state index is 11.4. The summed E-state index contributed by atoms with van der Waals surface area (Å²) in [4.78, 5) is 22.9. The Hall–Kier alpha value is -3.10. The van der Waals surface area contributed by atoms with E-state index in [1.165, 1.54) is 0 Å². The van der Waals surface area contributed by atoms with Gasteiger partial charge in [-0.15, -0.1) is 0 Å². The first-order valence-electron chi connectivity index (χ1n) is 6.28. The maximum atomic E-state index is 11.4. The molecule has 112 valence electrons. The number of azo groups is 1. The molecule has 6 N–H and O–H groups in total. The van der Waals surface area contributed by atoms with Crippen LogP contribution < -0.4 is 22.5 Å². The van der Waals surface area contributed by atoms with E-state index in [0.29, 0.717) is 22.5 Å². The number of amides is 2. The molecule has 0 unspecified atom stereocenters. The molecule has 2 aromatic carbocycles. The largest absolute Gasteiger partial charge is 0.290 e. The van der Waals surface area contributed by atoms with Gasteiger partial charge in [-0.2, -0.15) is 10.2 Å². The summed E-state index contributed by atoms with van der Waals surface area (Å²) in [5.41, 5.74) is 5.79. The Labute approximate surface area is 126 Å². The van der Waals surface area contributed by atoms with E-state index in [1.807, 2.05) is 10.9 Å².